The molecule has 130 valence electrons. The van der Waals surface area contributed by atoms with E-state index in [1.807, 2.05) is 23.6 Å². The van der Waals surface area contributed by atoms with Crippen LogP contribution in [-0.4, -0.2) is 37.4 Å². The Morgan fingerprint density at radius 1 is 1.44 bits per heavy atom. The molecule has 0 aromatic carbocycles. The second-order valence-corrected chi connectivity index (χ2v) is 7.51. The zero-order chi connectivity index (χ0) is 17.1. The molecule has 1 unspecified atom stereocenters. The molecule has 9 heteroatoms. The molecule has 0 aliphatic carbocycles. The van der Waals surface area contributed by atoms with E-state index in [-0.39, 0.29) is 11.8 Å². The number of hydrogen-bond acceptors (Lipinski definition) is 7. The molecule has 0 spiro atoms. The Bertz CT molecular complexity index is 883. The van der Waals surface area contributed by atoms with Crippen LogP contribution in [0.3, 0.4) is 0 Å². The average molecular weight is 375 g/mol. The number of nitrogens with one attached hydrogen (secondary N) is 1. The first-order chi connectivity index (χ1) is 12.3. The molecule has 0 radical (unpaired) electrons. The number of rotatable bonds is 6. The van der Waals surface area contributed by atoms with Crippen LogP contribution in [-0.2, 0) is 17.0 Å². The Hall–Kier alpha value is -1.97. The van der Waals surface area contributed by atoms with Crippen LogP contribution in [0.2, 0.25) is 0 Å². The molecule has 3 aromatic rings. The summed E-state index contributed by atoms with van der Waals surface area (Å²) >= 11 is 3.07. The molecule has 1 aliphatic heterocycles. The zero-order valence-corrected chi connectivity index (χ0v) is 15.1. The third kappa shape index (κ3) is 3.83. The summed E-state index contributed by atoms with van der Waals surface area (Å²) < 4.78 is 7.28. The summed E-state index contributed by atoms with van der Waals surface area (Å²) in [5.74, 6) is 0.652. The largest absolute Gasteiger partial charge is 0.376 e. The van der Waals surface area contributed by atoms with Gasteiger partial charge in [-0.15, -0.1) is 16.4 Å². The van der Waals surface area contributed by atoms with Crippen LogP contribution in [0.15, 0.2) is 39.7 Å². The molecule has 7 nitrogen and oxygen atoms in total. The number of thioether (sulfide) groups is 1. The maximum Gasteiger partial charge on any atom is 0.344 e. The van der Waals surface area contributed by atoms with Crippen LogP contribution in [0.5, 0.6) is 0 Å². The number of nitrogens with zero attached hydrogens (tertiary/aromatic N) is 4. The van der Waals surface area contributed by atoms with Crippen molar-refractivity contribution in [3.8, 4) is 10.7 Å². The van der Waals surface area contributed by atoms with E-state index in [0.717, 1.165) is 35.8 Å². The summed E-state index contributed by atoms with van der Waals surface area (Å²) in [6.45, 7) is 1.32. The third-order valence-electron chi connectivity index (χ3n) is 3.92. The first-order valence-corrected chi connectivity index (χ1v) is 9.91. The van der Waals surface area contributed by atoms with Gasteiger partial charge in [0.15, 0.2) is 5.16 Å². The summed E-state index contributed by atoms with van der Waals surface area (Å²) in [7, 11) is 0. The molecule has 1 aliphatic rings. The predicted octanol–water partition coefficient (Wildman–Crippen LogP) is 2.56. The third-order valence-corrected chi connectivity index (χ3v) is 5.84. The van der Waals surface area contributed by atoms with Gasteiger partial charge in [0.25, 0.3) is 0 Å². The minimum Gasteiger partial charge on any atom is -0.376 e. The number of ether oxygens (including phenoxy) is 1. The van der Waals surface area contributed by atoms with Crippen molar-refractivity contribution in [1.29, 1.82) is 0 Å². The van der Waals surface area contributed by atoms with Gasteiger partial charge in [-0.1, -0.05) is 17.8 Å². The second kappa shape index (κ2) is 7.51. The maximum atomic E-state index is 12.0. The average Bonchev–Trinajstić information content (AvgIpc) is 3.38. The van der Waals surface area contributed by atoms with E-state index >= 15 is 0 Å². The smallest absolute Gasteiger partial charge is 0.344 e. The molecule has 0 saturated carbocycles. The highest BCUT2D eigenvalue weighted by Crippen LogP contribution is 2.26. The van der Waals surface area contributed by atoms with Crippen LogP contribution >= 0.6 is 23.1 Å². The second-order valence-electron chi connectivity index (χ2n) is 5.70. The Kier molecular flexibility index (Phi) is 4.95. The number of thiazole rings is 1. The topological polar surface area (TPSA) is 85.7 Å². The highest BCUT2D eigenvalue weighted by molar-refractivity contribution is 7.98. The predicted molar refractivity (Wildman–Crippen MR) is 96.7 cm³/mol. The first kappa shape index (κ1) is 16.5. The minimum absolute atomic E-state index is 0.102. The molecule has 0 bridgehead atoms. The van der Waals surface area contributed by atoms with Gasteiger partial charge in [-0.2, -0.15) is 0 Å². The van der Waals surface area contributed by atoms with Gasteiger partial charge >= 0.3 is 5.69 Å². The van der Waals surface area contributed by atoms with Crippen molar-refractivity contribution in [2.24, 2.45) is 0 Å². The van der Waals surface area contributed by atoms with E-state index < -0.39 is 0 Å². The molecule has 25 heavy (non-hydrogen) atoms. The Balaban J connectivity index is 1.43. The summed E-state index contributed by atoms with van der Waals surface area (Å²) in [6.07, 6.45) is 3.90. The van der Waals surface area contributed by atoms with Crippen LogP contribution < -0.4 is 5.69 Å². The lowest BCUT2D eigenvalue weighted by Gasteiger charge is -2.10. The van der Waals surface area contributed by atoms with Crippen LogP contribution in [0.1, 0.15) is 18.5 Å². The fourth-order valence-corrected chi connectivity index (χ4v) is 4.43. The fraction of sp³-hybridized carbons (Fsp3) is 0.375. The summed E-state index contributed by atoms with van der Waals surface area (Å²) in [4.78, 5) is 20.9. The normalized spacial score (nSPS) is 17.2. The van der Waals surface area contributed by atoms with E-state index in [4.69, 9.17) is 4.74 Å². The summed E-state index contributed by atoms with van der Waals surface area (Å²) in [5.41, 5.74) is 1.64. The van der Waals surface area contributed by atoms with Crippen molar-refractivity contribution in [3.63, 3.8) is 0 Å². The molecule has 4 heterocycles. The molecule has 1 N–H and O–H groups in total. The fourth-order valence-electron chi connectivity index (χ4n) is 2.69. The highest BCUT2D eigenvalue weighted by Gasteiger charge is 2.20. The molecular weight excluding hydrogens is 358 g/mol. The summed E-state index contributed by atoms with van der Waals surface area (Å²) in [6, 6.07) is 5.78. The van der Waals surface area contributed by atoms with E-state index in [1.165, 1.54) is 11.8 Å². The van der Waals surface area contributed by atoms with Crippen LogP contribution in [0, 0.1) is 0 Å². The van der Waals surface area contributed by atoms with Crippen molar-refractivity contribution in [1.82, 2.24) is 24.7 Å². The number of H-pyrrole nitrogens is 1. The quantitative estimate of drug-likeness (QED) is 0.667. The molecule has 3 aromatic heterocycles. The van der Waals surface area contributed by atoms with Crippen LogP contribution in [0.4, 0.5) is 0 Å². The van der Waals surface area contributed by atoms with Crippen molar-refractivity contribution < 1.29 is 4.74 Å². The summed E-state index contributed by atoms with van der Waals surface area (Å²) in [5, 5.41) is 10.3. The molecular formula is C16H17N5O2S2. The monoisotopic (exact) mass is 375 g/mol. The molecule has 1 saturated heterocycles. The lowest BCUT2D eigenvalue weighted by atomic mass is 10.2. The molecule has 1 atom stereocenters. The van der Waals surface area contributed by atoms with Crippen LogP contribution in [0.25, 0.3) is 10.7 Å². The lowest BCUT2D eigenvalue weighted by Crippen LogP contribution is -2.24. The Morgan fingerprint density at radius 3 is 3.20 bits per heavy atom. The standard InChI is InChI=1S/C16H17N5O2S2/c22-15-19-20-16(21(15)8-12-4-3-7-23-12)25-10-11-9-24-14(18-11)13-5-1-2-6-17-13/h1-2,5-6,9,12H,3-4,7-8,10H2,(H,19,22). The SMILES string of the molecule is O=c1[nH]nc(SCc2csc(-c3ccccn3)n2)n1CC1CCCO1. The first-order valence-electron chi connectivity index (χ1n) is 8.05. The Labute approximate surface area is 152 Å². The van der Waals surface area contributed by atoms with Gasteiger partial charge in [0.2, 0.25) is 0 Å². The molecule has 0 amide bonds. The van der Waals surface area contributed by atoms with Gasteiger partial charge < -0.3 is 4.74 Å². The minimum atomic E-state index is -0.189. The van der Waals surface area contributed by atoms with Crippen molar-refractivity contribution in [3.05, 3.63) is 46.0 Å². The number of hydrogen-bond donors (Lipinski definition) is 1. The number of pyridine rings is 1. The van der Waals surface area contributed by atoms with Gasteiger partial charge in [0.05, 0.1) is 24.0 Å². The molecule has 4 rings (SSSR count). The van der Waals surface area contributed by atoms with Crippen molar-refractivity contribution >= 4 is 23.1 Å². The van der Waals surface area contributed by atoms with Gasteiger partial charge in [0, 0.05) is 23.9 Å². The zero-order valence-electron chi connectivity index (χ0n) is 13.4. The number of aromatic amines is 1. The van der Waals surface area contributed by atoms with E-state index in [2.05, 4.69) is 20.2 Å². The van der Waals surface area contributed by atoms with Gasteiger partial charge in [-0.25, -0.2) is 14.9 Å². The van der Waals surface area contributed by atoms with Gasteiger partial charge in [0.1, 0.15) is 5.01 Å². The maximum absolute atomic E-state index is 12.0. The lowest BCUT2D eigenvalue weighted by molar-refractivity contribution is 0.0941. The number of aromatic nitrogens is 5. The van der Waals surface area contributed by atoms with Gasteiger partial charge in [-0.3, -0.25) is 9.55 Å². The van der Waals surface area contributed by atoms with Crippen molar-refractivity contribution in [2.45, 2.75) is 36.4 Å². The van der Waals surface area contributed by atoms with Crippen molar-refractivity contribution in [2.75, 3.05) is 6.61 Å². The van der Waals surface area contributed by atoms with E-state index in [0.29, 0.717) is 17.5 Å². The highest BCUT2D eigenvalue weighted by atomic mass is 32.2. The van der Waals surface area contributed by atoms with E-state index in [9.17, 15) is 4.79 Å². The van der Waals surface area contributed by atoms with E-state index in [1.54, 1.807) is 22.1 Å². The molecule has 1 fully saturated rings. The van der Waals surface area contributed by atoms with Gasteiger partial charge in [-0.05, 0) is 25.0 Å². The Morgan fingerprint density at radius 2 is 2.40 bits per heavy atom.